The molecule has 0 aromatic rings. The van der Waals surface area contributed by atoms with Gasteiger partial charge in [0, 0.05) is 26.2 Å². The van der Waals surface area contributed by atoms with E-state index in [0.717, 1.165) is 6.54 Å². The van der Waals surface area contributed by atoms with E-state index in [-0.39, 0.29) is 18.5 Å². The number of likely N-dealkylation sites (N-methyl/N-ethyl adjacent to an activating group) is 1. The number of aliphatic carboxylic acids is 1. The number of hydrogen-bond acceptors (Lipinski definition) is 4. The van der Waals surface area contributed by atoms with Gasteiger partial charge in [-0.1, -0.05) is 6.92 Å². The van der Waals surface area contributed by atoms with Crippen LogP contribution < -0.4 is 5.32 Å². The maximum absolute atomic E-state index is 11.9. The highest BCUT2D eigenvalue weighted by atomic mass is 16.5. The number of amides is 2. The maximum Gasteiger partial charge on any atom is 0.317 e. The summed E-state index contributed by atoms with van der Waals surface area (Å²) in [5.74, 6) is -1.30. The van der Waals surface area contributed by atoms with E-state index in [1.807, 2.05) is 25.9 Å². The molecule has 0 unspecified atom stereocenters. The van der Waals surface area contributed by atoms with Gasteiger partial charge in [-0.15, -0.1) is 0 Å². The van der Waals surface area contributed by atoms with Crippen molar-refractivity contribution in [1.29, 1.82) is 0 Å². The van der Waals surface area contributed by atoms with Crippen LogP contribution >= 0.6 is 0 Å². The molecule has 1 heterocycles. The molecule has 0 spiro atoms. The van der Waals surface area contributed by atoms with Gasteiger partial charge in [-0.25, -0.2) is 4.79 Å². The van der Waals surface area contributed by atoms with Crippen molar-refractivity contribution in [1.82, 2.24) is 15.1 Å². The summed E-state index contributed by atoms with van der Waals surface area (Å²) < 4.78 is 5.37. The zero-order chi connectivity index (χ0) is 15.1. The van der Waals surface area contributed by atoms with Gasteiger partial charge >= 0.3 is 12.0 Å². The van der Waals surface area contributed by atoms with Crippen molar-refractivity contribution in [3.05, 3.63) is 0 Å². The van der Waals surface area contributed by atoms with Crippen LogP contribution in [0, 0.1) is 11.8 Å². The first kappa shape index (κ1) is 16.7. The van der Waals surface area contributed by atoms with Crippen molar-refractivity contribution < 1.29 is 19.4 Å². The van der Waals surface area contributed by atoms with E-state index in [0.29, 0.717) is 26.3 Å². The van der Waals surface area contributed by atoms with E-state index in [1.54, 1.807) is 4.90 Å². The lowest BCUT2D eigenvalue weighted by Crippen LogP contribution is -2.40. The van der Waals surface area contributed by atoms with Crippen molar-refractivity contribution in [3.8, 4) is 0 Å². The molecule has 116 valence electrons. The molecule has 20 heavy (non-hydrogen) atoms. The Morgan fingerprint density at radius 2 is 2.05 bits per heavy atom. The second-order valence-electron chi connectivity index (χ2n) is 5.47. The number of ether oxygens (including phenoxy) is 1. The van der Waals surface area contributed by atoms with Gasteiger partial charge in [0.05, 0.1) is 19.1 Å². The Hall–Kier alpha value is -1.34. The van der Waals surface area contributed by atoms with Crippen LogP contribution in [0.15, 0.2) is 0 Å². The fraction of sp³-hybridized carbons (Fsp3) is 0.846. The van der Waals surface area contributed by atoms with E-state index in [4.69, 9.17) is 9.84 Å². The van der Waals surface area contributed by atoms with E-state index in [1.165, 1.54) is 0 Å². The fourth-order valence-corrected chi connectivity index (χ4v) is 2.15. The largest absolute Gasteiger partial charge is 0.481 e. The number of urea groups is 1. The summed E-state index contributed by atoms with van der Waals surface area (Å²) >= 11 is 0. The Bertz CT molecular complexity index is 336. The first-order chi connectivity index (χ1) is 9.41. The SMILES string of the molecule is C[C@@H]1CN(C(=O)NCCOCCN(C)C)C[C@H]1C(=O)O. The normalized spacial score (nSPS) is 22.3. The molecule has 1 rings (SSSR count). The summed E-state index contributed by atoms with van der Waals surface area (Å²) in [4.78, 5) is 26.4. The first-order valence-electron chi connectivity index (χ1n) is 6.90. The molecule has 0 radical (unpaired) electrons. The molecule has 1 saturated heterocycles. The molecule has 0 aliphatic carbocycles. The number of carbonyl (C=O) groups is 2. The molecule has 0 bridgehead atoms. The Balaban J connectivity index is 2.16. The van der Waals surface area contributed by atoms with Gasteiger partial charge in [0.2, 0.25) is 0 Å². The molecule has 0 saturated carbocycles. The number of hydrogen-bond donors (Lipinski definition) is 2. The number of nitrogens with one attached hydrogen (secondary N) is 1. The predicted molar refractivity (Wildman–Crippen MR) is 74.6 cm³/mol. The van der Waals surface area contributed by atoms with E-state index < -0.39 is 11.9 Å². The highest BCUT2D eigenvalue weighted by Gasteiger charge is 2.36. The molecule has 7 nitrogen and oxygen atoms in total. The number of nitrogens with zero attached hydrogens (tertiary/aromatic N) is 2. The monoisotopic (exact) mass is 287 g/mol. The van der Waals surface area contributed by atoms with Crippen LogP contribution in [0.1, 0.15) is 6.92 Å². The van der Waals surface area contributed by atoms with Gasteiger partial charge < -0.3 is 25.0 Å². The number of likely N-dealkylation sites (tertiary alicyclic amines) is 1. The number of carboxylic acids is 1. The van der Waals surface area contributed by atoms with Gasteiger partial charge in [0.25, 0.3) is 0 Å². The predicted octanol–water partition coefficient (Wildman–Crippen LogP) is -0.0733. The summed E-state index contributed by atoms with van der Waals surface area (Å²) in [6.07, 6.45) is 0. The van der Waals surface area contributed by atoms with Crippen LogP contribution in [-0.2, 0) is 9.53 Å². The van der Waals surface area contributed by atoms with Crippen LogP contribution in [-0.4, -0.2) is 80.4 Å². The third-order valence-electron chi connectivity index (χ3n) is 3.42. The standard InChI is InChI=1S/C13H25N3O4/c1-10-8-16(9-11(10)12(17)18)13(19)14-4-6-20-7-5-15(2)3/h10-11H,4-9H2,1-3H3,(H,14,19)(H,17,18)/t10-,11-/m1/s1. The molecule has 2 amide bonds. The van der Waals surface area contributed by atoms with Crippen molar-refractivity contribution >= 4 is 12.0 Å². The minimum absolute atomic E-state index is 0.00501. The van der Waals surface area contributed by atoms with E-state index >= 15 is 0 Å². The van der Waals surface area contributed by atoms with Crippen molar-refractivity contribution in [3.63, 3.8) is 0 Å². The van der Waals surface area contributed by atoms with Crippen LogP contribution in [0.2, 0.25) is 0 Å². The highest BCUT2D eigenvalue weighted by molar-refractivity contribution is 5.77. The third-order valence-corrected chi connectivity index (χ3v) is 3.42. The summed E-state index contributed by atoms with van der Waals surface area (Å²) in [5.41, 5.74) is 0. The van der Waals surface area contributed by atoms with Crippen LogP contribution in [0.25, 0.3) is 0 Å². The third kappa shape index (κ3) is 5.34. The molecule has 2 N–H and O–H groups in total. The lowest BCUT2D eigenvalue weighted by molar-refractivity contribution is -0.142. The van der Waals surface area contributed by atoms with Gasteiger partial charge in [-0.05, 0) is 20.0 Å². The summed E-state index contributed by atoms with van der Waals surface area (Å²) in [6.45, 7) is 5.01. The minimum Gasteiger partial charge on any atom is -0.481 e. The zero-order valence-corrected chi connectivity index (χ0v) is 12.5. The van der Waals surface area contributed by atoms with Gasteiger partial charge in [-0.2, -0.15) is 0 Å². The fourth-order valence-electron chi connectivity index (χ4n) is 2.15. The van der Waals surface area contributed by atoms with Crippen LogP contribution in [0.5, 0.6) is 0 Å². The lowest BCUT2D eigenvalue weighted by Gasteiger charge is -2.17. The van der Waals surface area contributed by atoms with Gasteiger partial charge in [0.1, 0.15) is 0 Å². The topological polar surface area (TPSA) is 82.1 Å². The zero-order valence-electron chi connectivity index (χ0n) is 12.5. The average molecular weight is 287 g/mol. The Morgan fingerprint density at radius 1 is 1.35 bits per heavy atom. The van der Waals surface area contributed by atoms with Crippen LogP contribution in [0.3, 0.4) is 0 Å². The van der Waals surface area contributed by atoms with Gasteiger partial charge in [0.15, 0.2) is 0 Å². The average Bonchev–Trinajstić information content (AvgIpc) is 2.75. The molecule has 1 aliphatic heterocycles. The van der Waals surface area contributed by atoms with Crippen molar-refractivity contribution in [2.24, 2.45) is 11.8 Å². The van der Waals surface area contributed by atoms with Crippen molar-refractivity contribution in [2.75, 3.05) is 53.5 Å². The van der Waals surface area contributed by atoms with E-state index in [2.05, 4.69) is 5.32 Å². The lowest BCUT2D eigenvalue weighted by atomic mass is 9.99. The molecule has 0 aromatic carbocycles. The summed E-state index contributed by atoms with van der Waals surface area (Å²) in [7, 11) is 3.94. The van der Waals surface area contributed by atoms with Crippen molar-refractivity contribution in [2.45, 2.75) is 6.92 Å². The highest BCUT2D eigenvalue weighted by Crippen LogP contribution is 2.22. The summed E-state index contributed by atoms with van der Waals surface area (Å²) in [6, 6.07) is -0.211. The second-order valence-corrected chi connectivity index (χ2v) is 5.47. The molecule has 0 aromatic heterocycles. The Morgan fingerprint density at radius 3 is 2.60 bits per heavy atom. The molecule has 2 atom stereocenters. The number of carbonyl (C=O) groups excluding carboxylic acids is 1. The first-order valence-corrected chi connectivity index (χ1v) is 6.90. The maximum atomic E-state index is 11.9. The number of carboxylic acid groups (broad SMARTS) is 1. The molecular formula is C13H25N3O4. The second kappa shape index (κ2) is 8.06. The quantitative estimate of drug-likeness (QED) is 0.640. The molecule has 1 aliphatic rings. The smallest absolute Gasteiger partial charge is 0.317 e. The Labute approximate surface area is 119 Å². The number of rotatable bonds is 7. The Kier molecular flexibility index (Phi) is 6.74. The van der Waals surface area contributed by atoms with E-state index in [9.17, 15) is 9.59 Å². The van der Waals surface area contributed by atoms with Crippen LogP contribution in [0.4, 0.5) is 4.79 Å². The molecule has 1 fully saturated rings. The minimum atomic E-state index is -0.834. The molecule has 7 heteroatoms. The molecular weight excluding hydrogens is 262 g/mol. The summed E-state index contributed by atoms with van der Waals surface area (Å²) in [5, 5.41) is 11.8. The van der Waals surface area contributed by atoms with Gasteiger partial charge in [-0.3, -0.25) is 4.79 Å².